The third kappa shape index (κ3) is 3.55. The van der Waals surface area contributed by atoms with Crippen molar-refractivity contribution in [1.29, 1.82) is 0 Å². The summed E-state index contributed by atoms with van der Waals surface area (Å²) in [5.41, 5.74) is -1.90. The molecule has 146 valence electrons. The molecule has 1 amide bonds. The van der Waals surface area contributed by atoms with Gasteiger partial charge in [-0.15, -0.1) is 0 Å². The van der Waals surface area contributed by atoms with Crippen molar-refractivity contribution < 1.29 is 23.1 Å². The molecule has 0 atom stereocenters. The van der Waals surface area contributed by atoms with Crippen molar-refractivity contribution in [3.63, 3.8) is 0 Å². The van der Waals surface area contributed by atoms with E-state index in [-0.39, 0.29) is 42.2 Å². The molecule has 0 unspecified atom stereocenters. The molecule has 1 aliphatic heterocycles. The van der Waals surface area contributed by atoms with Gasteiger partial charge in [0.25, 0.3) is 5.91 Å². The van der Waals surface area contributed by atoms with Crippen molar-refractivity contribution in [2.45, 2.75) is 31.5 Å². The van der Waals surface area contributed by atoms with Gasteiger partial charge in [-0.1, -0.05) is 29.8 Å². The average molecular weight is 402 g/mol. The zero-order valence-corrected chi connectivity index (χ0v) is 15.6. The summed E-state index contributed by atoms with van der Waals surface area (Å²) in [6.07, 6.45) is -4.57. The van der Waals surface area contributed by atoms with Crippen LogP contribution in [-0.2, 0) is 18.8 Å². The van der Waals surface area contributed by atoms with E-state index in [0.29, 0.717) is 5.69 Å². The molecule has 0 saturated carbocycles. The normalized spacial score (nSPS) is 17.2. The third-order valence-electron chi connectivity index (χ3n) is 5.08. The maximum Gasteiger partial charge on any atom is 0.416 e. The van der Waals surface area contributed by atoms with Crippen LogP contribution in [0.1, 0.15) is 40.2 Å². The number of amides is 1. The van der Waals surface area contributed by atoms with E-state index in [2.05, 4.69) is 5.10 Å². The Bertz CT molecular complexity index is 871. The zero-order valence-electron chi connectivity index (χ0n) is 14.8. The molecular weight excluding hydrogens is 383 g/mol. The number of aliphatic hydroxyl groups is 1. The van der Waals surface area contributed by atoms with Crippen LogP contribution in [0.15, 0.2) is 24.3 Å². The fraction of sp³-hybridized carbons (Fsp3) is 0.444. The Balaban J connectivity index is 1.81. The van der Waals surface area contributed by atoms with Crippen molar-refractivity contribution in [2.75, 3.05) is 13.1 Å². The number of aryl methyl sites for hydroxylation is 1. The number of likely N-dealkylation sites (tertiary alicyclic amines) is 1. The first-order valence-electron chi connectivity index (χ1n) is 8.42. The van der Waals surface area contributed by atoms with E-state index in [4.69, 9.17) is 11.6 Å². The molecule has 0 radical (unpaired) electrons. The average Bonchev–Trinajstić information content (AvgIpc) is 2.88. The lowest BCUT2D eigenvalue weighted by atomic mass is 9.81. The Kier molecular flexibility index (Phi) is 4.98. The molecule has 1 fully saturated rings. The summed E-state index contributed by atoms with van der Waals surface area (Å²) in [5, 5.41) is 15.2. The van der Waals surface area contributed by atoms with E-state index >= 15 is 0 Å². The first kappa shape index (κ1) is 19.7. The Labute approximate surface area is 159 Å². The van der Waals surface area contributed by atoms with Crippen LogP contribution in [0.4, 0.5) is 13.2 Å². The molecule has 0 bridgehead atoms. The predicted molar refractivity (Wildman–Crippen MR) is 93.4 cm³/mol. The van der Waals surface area contributed by atoms with Crippen molar-refractivity contribution in [3.05, 3.63) is 51.8 Å². The molecule has 1 saturated heterocycles. The number of nitrogens with zero attached hydrogens (tertiary/aromatic N) is 3. The van der Waals surface area contributed by atoms with Crippen LogP contribution < -0.4 is 0 Å². The second-order valence-corrected chi connectivity index (χ2v) is 7.12. The minimum atomic E-state index is -4.56. The number of aromatic nitrogens is 2. The highest BCUT2D eigenvalue weighted by Crippen LogP contribution is 2.41. The molecule has 1 N–H and O–H groups in total. The van der Waals surface area contributed by atoms with Gasteiger partial charge in [0.2, 0.25) is 0 Å². The number of benzene rings is 1. The number of carbonyl (C=O) groups excluding carboxylic acids is 1. The second-order valence-electron chi connectivity index (χ2n) is 6.74. The van der Waals surface area contributed by atoms with Crippen molar-refractivity contribution in [1.82, 2.24) is 14.7 Å². The van der Waals surface area contributed by atoms with Crippen LogP contribution in [0.2, 0.25) is 5.02 Å². The summed E-state index contributed by atoms with van der Waals surface area (Å²) in [4.78, 5) is 14.1. The highest BCUT2D eigenvalue weighted by molar-refractivity contribution is 6.34. The van der Waals surface area contributed by atoms with Gasteiger partial charge in [0.1, 0.15) is 0 Å². The van der Waals surface area contributed by atoms with E-state index in [9.17, 15) is 23.1 Å². The Morgan fingerprint density at radius 1 is 1.26 bits per heavy atom. The lowest BCUT2D eigenvalue weighted by molar-refractivity contribution is -0.141. The second kappa shape index (κ2) is 6.83. The van der Waals surface area contributed by atoms with Crippen LogP contribution in [-0.4, -0.2) is 38.8 Å². The zero-order chi connectivity index (χ0) is 20.0. The van der Waals surface area contributed by atoms with Crippen LogP contribution >= 0.6 is 11.6 Å². The van der Waals surface area contributed by atoms with Crippen molar-refractivity contribution >= 4 is 17.5 Å². The van der Waals surface area contributed by atoms with E-state index in [1.54, 1.807) is 14.0 Å². The largest absolute Gasteiger partial charge is 0.416 e. The van der Waals surface area contributed by atoms with Gasteiger partial charge in [-0.25, -0.2) is 0 Å². The van der Waals surface area contributed by atoms with Gasteiger partial charge in [-0.2, -0.15) is 18.3 Å². The number of carbonyl (C=O) groups is 1. The van der Waals surface area contributed by atoms with Crippen LogP contribution in [0.5, 0.6) is 0 Å². The van der Waals surface area contributed by atoms with Crippen molar-refractivity contribution in [2.24, 2.45) is 7.05 Å². The molecule has 3 rings (SSSR count). The van der Waals surface area contributed by atoms with Crippen molar-refractivity contribution in [3.8, 4) is 0 Å². The maximum atomic E-state index is 13.3. The van der Waals surface area contributed by atoms with Crippen LogP contribution in [0.3, 0.4) is 0 Å². The fourth-order valence-electron chi connectivity index (χ4n) is 3.35. The summed E-state index contributed by atoms with van der Waals surface area (Å²) in [6.45, 7) is 1.94. The topological polar surface area (TPSA) is 58.4 Å². The Morgan fingerprint density at radius 2 is 1.85 bits per heavy atom. The molecule has 27 heavy (non-hydrogen) atoms. The van der Waals surface area contributed by atoms with Gasteiger partial charge < -0.3 is 10.0 Å². The van der Waals surface area contributed by atoms with Crippen LogP contribution in [0.25, 0.3) is 0 Å². The molecule has 2 heterocycles. The minimum Gasteiger partial charge on any atom is -0.385 e. The van der Waals surface area contributed by atoms with E-state index in [1.807, 2.05) is 0 Å². The van der Waals surface area contributed by atoms with E-state index < -0.39 is 23.2 Å². The predicted octanol–water partition coefficient (Wildman–Crippen LogP) is 3.52. The number of halogens is 4. The molecule has 0 aliphatic carbocycles. The molecule has 2 aromatic rings. The molecule has 0 spiro atoms. The summed E-state index contributed by atoms with van der Waals surface area (Å²) in [6, 6.07) is 5.01. The van der Waals surface area contributed by atoms with Gasteiger partial charge in [-0.05, 0) is 31.4 Å². The molecule has 9 heteroatoms. The summed E-state index contributed by atoms with van der Waals surface area (Å²) < 4.78 is 41.3. The fourth-order valence-corrected chi connectivity index (χ4v) is 3.59. The quantitative estimate of drug-likeness (QED) is 0.837. The smallest absolute Gasteiger partial charge is 0.385 e. The summed E-state index contributed by atoms with van der Waals surface area (Å²) in [5.74, 6) is -0.394. The van der Waals surface area contributed by atoms with E-state index in [1.165, 1.54) is 27.8 Å². The molecule has 1 aromatic carbocycles. The van der Waals surface area contributed by atoms with Gasteiger partial charge >= 0.3 is 6.18 Å². The van der Waals surface area contributed by atoms with E-state index in [0.717, 1.165) is 6.07 Å². The standard InChI is InChI=1S/C18H19ClF3N3O2/c1-11-14(19)15(23-24(11)2)16(26)25-9-7-17(27,8-10-25)12-5-3-4-6-13(12)18(20,21)22/h3-6,27H,7-10H2,1-2H3. The Hall–Kier alpha value is -2.06. The molecular formula is C18H19ClF3N3O2. The van der Waals surface area contributed by atoms with Gasteiger partial charge in [0.05, 0.1) is 21.9 Å². The highest BCUT2D eigenvalue weighted by atomic mass is 35.5. The highest BCUT2D eigenvalue weighted by Gasteiger charge is 2.43. The lowest BCUT2D eigenvalue weighted by Gasteiger charge is -2.39. The summed E-state index contributed by atoms with van der Waals surface area (Å²) in [7, 11) is 1.67. The molecule has 5 nitrogen and oxygen atoms in total. The number of piperidine rings is 1. The first-order chi connectivity index (χ1) is 12.5. The minimum absolute atomic E-state index is 0.00469. The monoisotopic (exact) mass is 401 g/mol. The number of rotatable bonds is 2. The Morgan fingerprint density at radius 3 is 2.37 bits per heavy atom. The van der Waals surface area contributed by atoms with Crippen LogP contribution in [0, 0.1) is 6.92 Å². The van der Waals surface area contributed by atoms with Gasteiger partial charge in [0.15, 0.2) is 5.69 Å². The third-order valence-corrected chi connectivity index (χ3v) is 5.53. The molecule has 1 aliphatic rings. The molecule has 1 aromatic heterocycles. The lowest BCUT2D eigenvalue weighted by Crippen LogP contribution is -2.46. The van der Waals surface area contributed by atoms with Gasteiger partial charge in [0, 0.05) is 20.1 Å². The first-order valence-corrected chi connectivity index (χ1v) is 8.80. The summed E-state index contributed by atoms with van der Waals surface area (Å²) >= 11 is 6.15. The number of alkyl halides is 3. The van der Waals surface area contributed by atoms with Gasteiger partial charge in [-0.3, -0.25) is 9.48 Å². The SMILES string of the molecule is Cc1c(Cl)c(C(=O)N2CCC(O)(c3ccccc3C(F)(F)F)CC2)nn1C. The maximum absolute atomic E-state index is 13.3. The number of hydrogen-bond donors (Lipinski definition) is 1. The number of hydrogen-bond acceptors (Lipinski definition) is 3.